The van der Waals surface area contributed by atoms with E-state index in [0.29, 0.717) is 25.7 Å². The fraction of sp³-hybridized carbons (Fsp3) is 0.636. The molecule has 2 rings (SSSR count). The molecule has 0 aromatic carbocycles. The molecule has 3 N–H and O–H groups in total. The average Bonchev–Trinajstić information content (AvgIpc) is 2.68. The van der Waals surface area contributed by atoms with Crippen molar-refractivity contribution in [3.8, 4) is 0 Å². The van der Waals surface area contributed by atoms with Crippen molar-refractivity contribution < 1.29 is 14.6 Å². The van der Waals surface area contributed by atoms with Crippen molar-refractivity contribution in [3.63, 3.8) is 0 Å². The minimum atomic E-state index is -0.872. The highest BCUT2D eigenvalue weighted by Gasteiger charge is 2.37. The Balaban J connectivity index is 2.03. The number of hydrogen-bond donors (Lipinski definition) is 2. The summed E-state index contributed by atoms with van der Waals surface area (Å²) in [4.78, 5) is 10.6. The number of nitrogens with zero attached hydrogens (tertiary/aromatic N) is 2. The van der Waals surface area contributed by atoms with Gasteiger partial charge >= 0.3 is 6.09 Å². The largest absolute Gasteiger partial charge is 0.446 e. The van der Waals surface area contributed by atoms with Crippen molar-refractivity contribution >= 4 is 6.09 Å². The van der Waals surface area contributed by atoms with Crippen LogP contribution in [0.25, 0.3) is 0 Å². The van der Waals surface area contributed by atoms with Crippen molar-refractivity contribution in [1.82, 2.24) is 9.78 Å². The number of rotatable bonds is 2. The van der Waals surface area contributed by atoms with E-state index in [-0.39, 0.29) is 6.10 Å². The van der Waals surface area contributed by atoms with Crippen LogP contribution in [0.3, 0.4) is 0 Å². The minimum absolute atomic E-state index is 0.180. The summed E-state index contributed by atoms with van der Waals surface area (Å²) >= 11 is 0. The van der Waals surface area contributed by atoms with Crippen molar-refractivity contribution in [2.45, 2.75) is 37.4 Å². The van der Waals surface area contributed by atoms with Gasteiger partial charge in [-0.1, -0.05) is 0 Å². The quantitative estimate of drug-likeness (QED) is 0.792. The smallest absolute Gasteiger partial charge is 0.404 e. The first-order valence-electron chi connectivity index (χ1n) is 5.68. The summed E-state index contributed by atoms with van der Waals surface area (Å²) < 4.78 is 6.61. The zero-order valence-electron chi connectivity index (χ0n) is 9.80. The molecule has 1 aromatic heterocycles. The van der Waals surface area contributed by atoms with Crippen LogP contribution in [0.2, 0.25) is 0 Å². The summed E-state index contributed by atoms with van der Waals surface area (Å²) in [5, 5.41) is 14.6. The Morgan fingerprint density at radius 3 is 2.76 bits per heavy atom. The first-order valence-corrected chi connectivity index (χ1v) is 5.68. The van der Waals surface area contributed by atoms with Gasteiger partial charge in [0, 0.05) is 13.2 Å². The van der Waals surface area contributed by atoms with Gasteiger partial charge in [-0.15, -0.1) is 0 Å². The molecule has 1 fully saturated rings. The summed E-state index contributed by atoms with van der Waals surface area (Å²) in [5.41, 5.74) is 4.90. The second kappa shape index (κ2) is 4.37. The van der Waals surface area contributed by atoms with E-state index in [0.717, 1.165) is 5.69 Å². The van der Waals surface area contributed by atoms with E-state index < -0.39 is 11.7 Å². The third-order valence-electron chi connectivity index (χ3n) is 3.34. The number of amides is 1. The fourth-order valence-corrected chi connectivity index (χ4v) is 2.44. The molecule has 1 aromatic rings. The van der Waals surface area contributed by atoms with Gasteiger partial charge in [0.1, 0.15) is 11.7 Å². The molecule has 0 spiro atoms. The number of aryl methyl sites for hydroxylation is 1. The Labute approximate surface area is 99.4 Å². The summed E-state index contributed by atoms with van der Waals surface area (Å²) in [5.74, 6) is 0. The molecule has 0 bridgehead atoms. The SMILES string of the molecule is Cn1nccc1C1(O)CCC(OC(N)=O)CC1. The highest BCUT2D eigenvalue weighted by molar-refractivity contribution is 5.64. The molecule has 1 aliphatic carbocycles. The van der Waals surface area contributed by atoms with Crippen LogP contribution in [0, 0.1) is 0 Å². The highest BCUT2D eigenvalue weighted by atomic mass is 16.6. The summed E-state index contributed by atoms with van der Waals surface area (Å²) in [6.45, 7) is 0. The van der Waals surface area contributed by atoms with Gasteiger partial charge in [0.05, 0.1) is 5.69 Å². The fourth-order valence-electron chi connectivity index (χ4n) is 2.44. The standard InChI is InChI=1S/C11H17N3O3/c1-14-9(4-7-13-14)11(16)5-2-8(3-6-11)17-10(12)15/h4,7-8,16H,2-3,5-6H2,1H3,(H2,12,15). The van der Waals surface area contributed by atoms with Gasteiger partial charge in [0.15, 0.2) is 0 Å². The third-order valence-corrected chi connectivity index (χ3v) is 3.34. The van der Waals surface area contributed by atoms with E-state index in [9.17, 15) is 9.90 Å². The predicted molar refractivity (Wildman–Crippen MR) is 60.0 cm³/mol. The number of carbonyl (C=O) groups is 1. The molecule has 17 heavy (non-hydrogen) atoms. The number of carbonyl (C=O) groups excluding carboxylic acids is 1. The van der Waals surface area contributed by atoms with Crippen molar-refractivity contribution in [3.05, 3.63) is 18.0 Å². The van der Waals surface area contributed by atoms with E-state index in [4.69, 9.17) is 10.5 Å². The lowest BCUT2D eigenvalue weighted by Gasteiger charge is -2.35. The molecule has 0 atom stereocenters. The van der Waals surface area contributed by atoms with Crippen molar-refractivity contribution in [1.29, 1.82) is 0 Å². The number of primary amides is 1. The minimum Gasteiger partial charge on any atom is -0.446 e. The van der Waals surface area contributed by atoms with Gasteiger partial charge in [0.25, 0.3) is 0 Å². The maximum absolute atomic E-state index is 10.6. The van der Waals surface area contributed by atoms with Crippen LogP contribution in [0.15, 0.2) is 12.3 Å². The van der Waals surface area contributed by atoms with E-state index in [1.54, 1.807) is 17.9 Å². The number of nitrogens with two attached hydrogens (primary N) is 1. The van der Waals surface area contributed by atoms with Crippen LogP contribution in [-0.2, 0) is 17.4 Å². The molecule has 1 aliphatic rings. The zero-order valence-corrected chi connectivity index (χ0v) is 9.80. The van der Waals surface area contributed by atoms with Gasteiger partial charge in [-0.2, -0.15) is 5.10 Å². The maximum atomic E-state index is 10.6. The summed E-state index contributed by atoms with van der Waals surface area (Å²) in [6.07, 6.45) is 3.06. The molecule has 0 aliphatic heterocycles. The van der Waals surface area contributed by atoms with E-state index in [2.05, 4.69) is 5.10 Å². The maximum Gasteiger partial charge on any atom is 0.404 e. The molecular formula is C11H17N3O3. The lowest BCUT2D eigenvalue weighted by molar-refractivity contribution is -0.0442. The number of ether oxygens (including phenoxy) is 1. The predicted octanol–water partition coefficient (Wildman–Crippen LogP) is 0.646. The Kier molecular flexibility index (Phi) is 3.06. The Bertz CT molecular complexity index is 408. The van der Waals surface area contributed by atoms with Gasteiger partial charge in [-0.25, -0.2) is 4.79 Å². The second-order valence-corrected chi connectivity index (χ2v) is 4.51. The van der Waals surface area contributed by atoms with Gasteiger partial charge in [-0.05, 0) is 31.7 Å². The number of aliphatic hydroxyl groups is 1. The van der Waals surface area contributed by atoms with Crippen LogP contribution in [0.5, 0.6) is 0 Å². The second-order valence-electron chi connectivity index (χ2n) is 4.51. The topological polar surface area (TPSA) is 90.4 Å². The Hall–Kier alpha value is -1.56. The number of aromatic nitrogens is 2. The molecule has 0 radical (unpaired) electrons. The van der Waals surface area contributed by atoms with Gasteiger partial charge in [0.2, 0.25) is 0 Å². The first-order chi connectivity index (χ1) is 8.01. The molecule has 94 valence electrons. The molecule has 1 heterocycles. The van der Waals surface area contributed by atoms with Crippen LogP contribution < -0.4 is 5.73 Å². The average molecular weight is 239 g/mol. The van der Waals surface area contributed by atoms with Gasteiger partial charge < -0.3 is 15.6 Å². The van der Waals surface area contributed by atoms with Crippen molar-refractivity contribution in [2.75, 3.05) is 0 Å². The zero-order chi connectivity index (χ0) is 12.5. The van der Waals surface area contributed by atoms with Crippen LogP contribution >= 0.6 is 0 Å². The van der Waals surface area contributed by atoms with Crippen LogP contribution in [0.4, 0.5) is 4.79 Å². The molecular weight excluding hydrogens is 222 g/mol. The highest BCUT2D eigenvalue weighted by Crippen LogP contribution is 2.37. The molecule has 0 saturated heterocycles. The Morgan fingerprint density at radius 1 is 1.65 bits per heavy atom. The molecule has 1 saturated carbocycles. The van der Waals surface area contributed by atoms with Gasteiger partial charge in [-0.3, -0.25) is 4.68 Å². The molecule has 0 unspecified atom stereocenters. The van der Waals surface area contributed by atoms with Crippen molar-refractivity contribution in [2.24, 2.45) is 12.8 Å². The van der Waals surface area contributed by atoms with E-state index in [1.165, 1.54) is 0 Å². The first kappa shape index (κ1) is 11.9. The third kappa shape index (κ3) is 2.41. The molecule has 6 nitrogen and oxygen atoms in total. The lowest BCUT2D eigenvalue weighted by Crippen LogP contribution is -2.37. The number of hydrogen-bond acceptors (Lipinski definition) is 4. The van der Waals surface area contributed by atoms with E-state index >= 15 is 0 Å². The summed E-state index contributed by atoms with van der Waals surface area (Å²) in [7, 11) is 1.80. The molecule has 1 amide bonds. The normalized spacial score (nSPS) is 28.9. The van der Waals surface area contributed by atoms with Crippen LogP contribution in [-0.4, -0.2) is 27.1 Å². The lowest BCUT2D eigenvalue weighted by atomic mass is 9.81. The Morgan fingerprint density at radius 2 is 2.29 bits per heavy atom. The summed E-state index contributed by atoms with van der Waals surface area (Å²) in [6, 6.07) is 1.81. The van der Waals surface area contributed by atoms with E-state index in [1.807, 2.05) is 6.07 Å². The van der Waals surface area contributed by atoms with Crippen LogP contribution in [0.1, 0.15) is 31.4 Å². The monoisotopic (exact) mass is 239 g/mol. The molecule has 6 heteroatoms.